The molecular formula is C25H26N2O6. The predicted octanol–water partition coefficient (Wildman–Crippen LogP) is 2.02. The van der Waals surface area contributed by atoms with Gasteiger partial charge in [-0.15, -0.1) is 0 Å². The van der Waals surface area contributed by atoms with Crippen molar-refractivity contribution in [3.63, 3.8) is 0 Å². The van der Waals surface area contributed by atoms with Gasteiger partial charge in [0, 0.05) is 26.2 Å². The molecule has 8 nitrogen and oxygen atoms in total. The molecule has 2 aromatic rings. The average Bonchev–Trinajstić information content (AvgIpc) is 2.82. The number of carbonyl (C=O) groups is 4. The van der Waals surface area contributed by atoms with Crippen LogP contribution in [0.2, 0.25) is 0 Å². The van der Waals surface area contributed by atoms with Gasteiger partial charge in [-0.1, -0.05) is 54.6 Å². The number of hydrogen-bond acceptors (Lipinski definition) is 5. The molecule has 2 aliphatic rings. The summed E-state index contributed by atoms with van der Waals surface area (Å²) in [6, 6.07) is 17.8. The Hall–Kier alpha value is -3.52. The van der Waals surface area contributed by atoms with Crippen molar-refractivity contribution in [3.8, 4) is 11.1 Å². The third-order valence-corrected chi connectivity index (χ3v) is 6.41. The van der Waals surface area contributed by atoms with Crippen molar-refractivity contribution in [1.29, 1.82) is 0 Å². The molecule has 1 unspecified atom stereocenters. The van der Waals surface area contributed by atoms with Gasteiger partial charge in [-0.3, -0.25) is 19.2 Å². The smallest absolute Gasteiger partial charge is 0.322 e. The number of ether oxygens (including phenoxy) is 1. The number of hydrogen-bond donors (Lipinski definition) is 2. The first-order valence-corrected chi connectivity index (χ1v) is 11.0. The second kappa shape index (κ2) is 9.54. The normalized spacial score (nSPS) is 20.0. The molecule has 8 heteroatoms. The lowest BCUT2D eigenvalue weighted by Gasteiger charge is -2.50. The van der Waals surface area contributed by atoms with Crippen molar-refractivity contribution in [1.82, 2.24) is 10.2 Å². The molecule has 2 aliphatic heterocycles. The molecular weight excluding hydrogens is 424 g/mol. The number of likely N-dealkylation sites (tertiary alicyclic amines) is 1. The zero-order chi connectivity index (χ0) is 23.4. The fourth-order valence-corrected chi connectivity index (χ4v) is 4.63. The Kier molecular flexibility index (Phi) is 6.55. The minimum atomic E-state index is -1.53. The van der Waals surface area contributed by atoms with Crippen LogP contribution in [0.4, 0.5) is 0 Å². The summed E-state index contributed by atoms with van der Waals surface area (Å²) in [6.45, 7) is 0.472. The molecule has 172 valence electrons. The number of carboxylic acid groups (broad SMARTS) is 1. The van der Waals surface area contributed by atoms with Gasteiger partial charge in [0.15, 0.2) is 11.7 Å². The molecule has 0 aliphatic carbocycles. The zero-order valence-electron chi connectivity index (χ0n) is 18.2. The molecule has 0 aromatic heterocycles. The van der Waals surface area contributed by atoms with E-state index in [4.69, 9.17) is 9.84 Å². The van der Waals surface area contributed by atoms with Gasteiger partial charge in [0.25, 0.3) is 0 Å². The third kappa shape index (κ3) is 4.80. The number of carboxylic acids is 1. The Morgan fingerprint density at radius 3 is 2.27 bits per heavy atom. The summed E-state index contributed by atoms with van der Waals surface area (Å²) in [5.74, 6) is -4.68. The maximum Gasteiger partial charge on any atom is 0.322 e. The first kappa shape index (κ1) is 22.7. The van der Waals surface area contributed by atoms with E-state index in [9.17, 15) is 19.2 Å². The van der Waals surface area contributed by atoms with Crippen molar-refractivity contribution < 1.29 is 29.0 Å². The van der Waals surface area contributed by atoms with Crippen molar-refractivity contribution in [2.45, 2.75) is 31.3 Å². The van der Waals surface area contributed by atoms with Crippen LogP contribution in [-0.2, 0) is 30.5 Å². The van der Waals surface area contributed by atoms with Crippen LogP contribution in [0.1, 0.15) is 24.8 Å². The lowest BCUT2D eigenvalue weighted by atomic mass is 9.75. The first-order valence-electron chi connectivity index (χ1n) is 11.0. The van der Waals surface area contributed by atoms with E-state index in [2.05, 4.69) is 5.32 Å². The molecule has 0 bridgehead atoms. The van der Waals surface area contributed by atoms with E-state index in [1.54, 1.807) is 4.90 Å². The summed E-state index contributed by atoms with van der Waals surface area (Å²) < 4.78 is 5.48. The fraction of sp³-hybridized carbons (Fsp3) is 0.360. The number of ketones is 1. The second-order valence-electron chi connectivity index (χ2n) is 8.51. The van der Waals surface area contributed by atoms with Crippen LogP contribution < -0.4 is 5.32 Å². The lowest BCUT2D eigenvalue weighted by molar-refractivity contribution is -0.164. The fourth-order valence-electron chi connectivity index (χ4n) is 4.63. The van der Waals surface area contributed by atoms with Crippen LogP contribution in [0.15, 0.2) is 54.6 Å². The average molecular weight is 450 g/mol. The molecule has 2 aromatic carbocycles. The van der Waals surface area contributed by atoms with Gasteiger partial charge in [0.1, 0.15) is 6.54 Å². The number of benzene rings is 2. The molecule has 2 N–H and O–H groups in total. The van der Waals surface area contributed by atoms with Crippen LogP contribution in [-0.4, -0.2) is 58.9 Å². The standard InChI is InChI=1S/C25H26N2O6/c28-20-14-25(10-12-33-13-11-25)27(24(32)22(20)23(31)26-15-21(29)30)16-17-6-8-19(9-7-17)18-4-2-1-3-5-18/h1-9,22H,10-16H2,(H,26,31)(H,29,30). The molecule has 4 rings (SSSR count). The van der Waals surface area contributed by atoms with E-state index >= 15 is 0 Å². The molecule has 2 saturated heterocycles. The predicted molar refractivity (Wildman–Crippen MR) is 119 cm³/mol. The maximum absolute atomic E-state index is 13.4. The number of nitrogens with one attached hydrogen (secondary N) is 1. The minimum absolute atomic E-state index is 0.0509. The number of carbonyl (C=O) groups excluding carboxylic acids is 3. The van der Waals surface area contributed by atoms with Crippen LogP contribution in [0.25, 0.3) is 11.1 Å². The van der Waals surface area contributed by atoms with Crippen LogP contribution in [0.3, 0.4) is 0 Å². The van der Waals surface area contributed by atoms with E-state index in [1.165, 1.54) is 0 Å². The molecule has 2 fully saturated rings. The minimum Gasteiger partial charge on any atom is -0.480 e. The Bertz CT molecular complexity index is 1040. The van der Waals surface area contributed by atoms with E-state index in [0.29, 0.717) is 26.1 Å². The number of piperidine rings is 1. The molecule has 33 heavy (non-hydrogen) atoms. The maximum atomic E-state index is 13.4. The van der Waals surface area contributed by atoms with E-state index in [-0.39, 0.29) is 13.0 Å². The van der Waals surface area contributed by atoms with Crippen LogP contribution >= 0.6 is 0 Å². The van der Waals surface area contributed by atoms with Crippen LogP contribution in [0, 0.1) is 5.92 Å². The Morgan fingerprint density at radius 1 is 1.00 bits per heavy atom. The summed E-state index contributed by atoms with van der Waals surface area (Å²) in [5, 5.41) is 11.0. The van der Waals surface area contributed by atoms with Gasteiger partial charge < -0.3 is 20.1 Å². The summed E-state index contributed by atoms with van der Waals surface area (Å²) in [6.07, 6.45) is 1.07. The number of rotatable bonds is 6. The highest BCUT2D eigenvalue weighted by Gasteiger charge is 2.53. The summed E-state index contributed by atoms with van der Waals surface area (Å²) in [7, 11) is 0. The molecule has 1 spiro atoms. The van der Waals surface area contributed by atoms with Gasteiger partial charge in [-0.05, 0) is 29.5 Å². The Balaban J connectivity index is 1.59. The number of aliphatic carboxylic acids is 1. The van der Waals surface area contributed by atoms with E-state index in [1.807, 2.05) is 54.6 Å². The van der Waals surface area contributed by atoms with Crippen molar-refractivity contribution in [3.05, 3.63) is 60.2 Å². The summed E-state index contributed by atoms with van der Waals surface area (Å²) in [4.78, 5) is 51.3. The Morgan fingerprint density at radius 2 is 1.64 bits per heavy atom. The van der Waals surface area contributed by atoms with Crippen LogP contribution in [0.5, 0.6) is 0 Å². The highest BCUT2D eigenvalue weighted by molar-refractivity contribution is 6.20. The second-order valence-corrected chi connectivity index (χ2v) is 8.51. The summed E-state index contributed by atoms with van der Waals surface area (Å²) >= 11 is 0. The van der Waals surface area contributed by atoms with Crippen molar-refractivity contribution in [2.75, 3.05) is 19.8 Å². The van der Waals surface area contributed by atoms with E-state index < -0.39 is 41.6 Å². The number of amides is 2. The topological polar surface area (TPSA) is 113 Å². The number of nitrogens with zero attached hydrogens (tertiary/aromatic N) is 1. The monoisotopic (exact) mass is 450 g/mol. The summed E-state index contributed by atoms with van der Waals surface area (Å²) in [5.41, 5.74) is 2.31. The largest absolute Gasteiger partial charge is 0.480 e. The number of Topliss-reactive ketones (excluding diaryl/α,β-unsaturated/α-hetero) is 1. The SMILES string of the molecule is O=C(O)CNC(=O)C1C(=O)CC2(CCOCC2)N(Cc2ccc(-c3ccccc3)cc2)C1=O. The van der Waals surface area contributed by atoms with Gasteiger partial charge in [0.2, 0.25) is 11.8 Å². The van der Waals surface area contributed by atoms with Gasteiger partial charge in [-0.2, -0.15) is 0 Å². The molecule has 0 radical (unpaired) electrons. The van der Waals surface area contributed by atoms with Gasteiger partial charge in [-0.25, -0.2) is 0 Å². The molecule has 2 amide bonds. The van der Waals surface area contributed by atoms with Gasteiger partial charge in [0.05, 0.1) is 5.54 Å². The first-order chi connectivity index (χ1) is 15.9. The molecule has 2 heterocycles. The van der Waals surface area contributed by atoms with Gasteiger partial charge >= 0.3 is 5.97 Å². The highest BCUT2D eigenvalue weighted by Crippen LogP contribution is 2.39. The zero-order valence-corrected chi connectivity index (χ0v) is 18.2. The van der Waals surface area contributed by atoms with E-state index in [0.717, 1.165) is 16.7 Å². The lowest BCUT2D eigenvalue weighted by Crippen LogP contribution is -2.64. The Labute approximate surface area is 191 Å². The van der Waals surface area contributed by atoms with Crippen molar-refractivity contribution in [2.24, 2.45) is 5.92 Å². The highest BCUT2D eigenvalue weighted by atomic mass is 16.5. The molecule has 1 atom stereocenters. The van der Waals surface area contributed by atoms with Crippen molar-refractivity contribution >= 4 is 23.6 Å². The quantitative estimate of drug-likeness (QED) is 0.651. The molecule has 0 saturated carbocycles. The third-order valence-electron chi connectivity index (χ3n) is 6.41.